The van der Waals surface area contributed by atoms with E-state index in [4.69, 9.17) is 5.73 Å². The molecule has 110 valence electrons. The molecule has 1 rings (SSSR count). The Bertz CT molecular complexity index is 303. The monoisotopic (exact) mass is 269 g/mol. The van der Waals surface area contributed by atoms with E-state index in [0.717, 1.165) is 32.1 Å². The zero-order valence-corrected chi connectivity index (χ0v) is 12.1. The van der Waals surface area contributed by atoms with E-state index in [-0.39, 0.29) is 11.8 Å². The standard InChI is InChI=1S/C14H27N3O2/c1-3-11(8-9-15)4-7-13(18)16-10(2)14(19)17-12-5-6-12/h10-12H,3-9,15H2,1-2H3,(H,16,18)(H,17,19). The summed E-state index contributed by atoms with van der Waals surface area (Å²) in [6.45, 7) is 4.51. The zero-order chi connectivity index (χ0) is 14.3. The molecule has 1 fully saturated rings. The van der Waals surface area contributed by atoms with E-state index in [1.807, 2.05) is 0 Å². The molecule has 0 aromatic carbocycles. The third-order valence-electron chi connectivity index (χ3n) is 3.63. The lowest BCUT2D eigenvalue weighted by molar-refractivity contribution is -0.128. The molecule has 0 saturated heterocycles. The van der Waals surface area contributed by atoms with E-state index >= 15 is 0 Å². The van der Waals surface area contributed by atoms with Crippen molar-refractivity contribution in [1.29, 1.82) is 0 Å². The number of hydrogen-bond donors (Lipinski definition) is 3. The Hall–Kier alpha value is -1.10. The highest BCUT2D eigenvalue weighted by molar-refractivity contribution is 5.87. The van der Waals surface area contributed by atoms with Gasteiger partial charge in [0.1, 0.15) is 6.04 Å². The average Bonchev–Trinajstić information content (AvgIpc) is 3.18. The smallest absolute Gasteiger partial charge is 0.242 e. The predicted molar refractivity (Wildman–Crippen MR) is 75.5 cm³/mol. The van der Waals surface area contributed by atoms with Crippen LogP contribution in [0.2, 0.25) is 0 Å². The Balaban J connectivity index is 2.19. The van der Waals surface area contributed by atoms with Crippen LogP contribution in [0.4, 0.5) is 0 Å². The van der Waals surface area contributed by atoms with E-state index in [1.165, 1.54) is 0 Å². The molecular weight excluding hydrogens is 242 g/mol. The second-order valence-corrected chi connectivity index (χ2v) is 5.46. The van der Waals surface area contributed by atoms with Crippen LogP contribution in [-0.2, 0) is 9.59 Å². The van der Waals surface area contributed by atoms with Gasteiger partial charge in [-0.05, 0) is 45.1 Å². The molecular formula is C14H27N3O2. The molecule has 5 heteroatoms. The molecule has 19 heavy (non-hydrogen) atoms. The first-order valence-corrected chi connectivity index (χ1v) is 7.36. The largest absolute Gasteiger partial charge is 0.352 e. The van der Waals surface area contributed by atoms with Crippen LogP contribution in [-0.4, -0.2) is 30.4 Å². The molecule has 0 radical (unpaired) electrons. The van der Waals surface area contributed by atoms with Crippen molar-refractivity contribution >= 4 is 11.8 Å². The van der Waals surface area contributed by atoms with Crippen LogP contribution in [0.3, 0.4) is 0 Å². The fourth-order valence-electron chi connectivity index (χ4n) is 2.06. The number of hydrogen-bond acceptors (Lipinski definition) is 3. The second kappa shape index (κ2) is 8.15. The molecule has 1 aliphatic rings. The van der Waals surface area contributed by atoms with Crippen LogP contribution in [0.15, 0.2) is 0 Å². The fourth-order valence-corrected chi connectivity index (χ4v) is 2.06. The van der Waals surface area contributed by atoms with Crippen molar-refractivity contribution in [1.82, 2.24) is 10.6 Å². The molecule has 0 spiro atoms. The highest BCUT2D eigenvalue weighted by atomic mass is 16.2. The maximum Gasteiger partial charge on any atom is 0.242 e. The predicted octanol–water partition coefficient (Wildman–Crippen LogP) is 0.925. The number of carbonyl (C=O) groups is 2. The van der Waals surface area contributed by atoms with Gasteiger partial charge in [-0.2, -0.15) is 0 Å². The fraction of sp³-hybridized carbons (Fsp3) is 0.857. The third-order valence-corrected chi connectivity index (χ3v) is 3.63. The molecule has 2 amide bonds. The van der Waals surface area contributed by atoms with Gasteiger partial charge in [-0.1, -0.05) is 13.3 Å². The van der Waals surface area contributed by atoms with Crippen LogP contribution in [0.25, 0.3) is 0 Å². The first kappa shape index (κ1) is 16.0. The number of carbonyl (C=O) groups excluding carboxylic acids is 2. The van der Waals surface area contributed by atoms with Crippen LogP contribution < -0.4 is 16.4 Å². The van der Waals surface area contributed by atoms with Gasteiger partial charge in [0.15, 0.2) is 0 Å². The molecule has 0 heterocycles. The van der Waals surface area contributed by atoms with Gasteiger partial charge < -0.3 is 16.4 Å². The highest BCUT2D eigenvalue weighted by Crippen LogP contribution is 2.18. The van der Waals surface area contributed by atoms with Crippen LogP contribution >= 0.6 is 0 Å². The van der Waals surface area contributed by atoms with Gasteiger partial charge in [-0.3, -0.25) is 9.59 Å². The lowest BCUT2D eigenvalue weighted by atomic mass is 9.96. The number of nitrogens with one attached hydrogen (secondary N) is 2. The van der Waals surface area contributed by atoms with E-state index in [9.17, 15) is 9.59 Å². The van der Waals surface area contributed by atoms with Gasteiger partial charge in [-0.15, -0.1) is 0 Å². The summed E-state index contributed by atoms with van der Waals surface area (Å²) >= 11 is 0. The minimum atomic E-state index is -0.442. The molecule has 5 nitrogen and oxygen atoms in total. The van der Waals surface area contributed by atoms with E-state index in [0.29, 0.717) is 24.9 Å². The summed E-state index contributed by atoms with van der Waals surface area (Å²) in [5.41, 5.74) is 5.53. The summed E-state index contributed by atoms with van der Waals surface area (Å²) in [6.07, 6.45) is 5.44. The maximum absolute atomic E-state index is 11.8. The third kappa shape index (κ3) is 6.57. The summed E-state index contributed by atoms with van der Waals surface area (Å²) in [6, 6.07) is -0.108. The zero-order valence-electron chi connectivity index (χ0n) is 12.1. The van der Waals surface area contributed by atoms with Crippen LogP contribution in [0.1, 0.15) is 52.4 Å². The van der Waals surface area contributed by atoms with Crippen molar-refractivity contribution in [2.45, 2.75) is 64.5 Å². The van der Waals surface area contributed by atoms with Gasteiger partial charge in [0.25, 0.3) is 0 Å². The van der Waals surface area contributed by atoms with Crippen molar-refractivity contribution < 1.29 is 9.59 Å². The Labute approximate surface area is 115 Å². The van der Waals surface area contributed by atoms with Crippen molar-refractivity contribution in [2.75, 3.05) is 6.54 Å². The lowest BCUT2D eigenvalue weighted by Gasteiger charge is -2.16. The molecule has 2 atom stereocenters. The molecule has 0 aliphatic heterocycles. The maximum atomic E-state index is 11.8. The molecule has 0 aromatic rings. The number of nitrogens with two attached hydrogens (primary N) is 1. The van der Waals surface area contributed by atoms with Gasteiger partial charge in [0.2, 0.25) is 11.8 Å². The van der Waals surface area contributed by atoms with Crippen molar-refractivity contribution in [2.24, 2.45) is 11.7 Å². The SMILES string of the molecule is CCC(CCN)CCC(=O)NC(C)C(=O)NC1CC1. The van der Waals surface area contributed by atoms with Gasteiger partial charge >= 0.3 is 0 Å². The topological polar surface area (TPSA) is 84.2 Å². The van der Waals surface area contributed by atoms with E-state index in [1.54, 1.807) is 6.92 Å². The summed E-state index contributed by atoms with van der Waals surface area (Å²) in [4.78, 5) is 23.4. The molecule has 0 bridgehead atoms. The normalized spacial score (nSPS) is 17.6. The minimum Gasteiger partial charge on any atom is -0.352 e. The summed E-state index contributed by atoms with van der Waals surface area (Å²) in [5.74, 6) is 0.380. The quantitative estimate of drug-likeness (QED) is 0.582. The summed E-state index contributed by atoms with van der Waals surface area (Å²) in [7, 11) is 0. The van der Waals surface area contributed by atoms with Gasteiger partial charge in [0, 0.05) is 12.5 Å². The molecule has 2 unspecified atom stereocenters. The Morgan fingerprint density at radius 1 is 1.32 bits per heavy atom. The first-order chi connectivity index (χ1) is 9.06. The Morgan fingerprint density at radius 3 is 2.53 bits per heavy atom. The average molecular weight is 269 g/mol. The molecule has 4 N–H and O–H groups in total. The van der Waals surface area contributed by atoms with E-state index < -0.39 is 6.04 Å². The van der Waals surface area contributed by atoms with Crippen molar-refractivity contribution in [3.8, 4) is 0 Å². The minimum absolute atomic E-state index is 0.0473. The van der Waals surface area contributed by atoms with Crippen molar-refractivity contribution in [3.05, 3.63) is 0 Å². The van der Waals surface area contributed by atoms with Crippen LogP contribution in [0, 0.1) is 5.92 Å². The summed E-state index contributed by atoms with van der Waals surface area (Å²) in [5, 5.41) is 5.64. The second-order valence-electron chi connectivity index (χ2n) is 5.46. The summed E-state index contributed by atoms with van der Waals surface area (Å²) < 4.78 is 0. The van der Waals surface area contributed by atoms with Gasteiger partial charge in [-0.25, -0.2) is 0 Å². The Morgan fingerprint density at radius 2 is 2.00 bits per heavy atom. The molecule has 0 aromatic heterocycles. The molecule has 1 saturated carbocycles. The molecule has 1 aliphatic carbocycles. The number of rotatable bonds is 9. The number of amides is 2. The highest BCUT2D eigenvalue weighted by Gasteiger charge is 2.26. The van der Waals surface area contributed by atoms with Crippen molar-refractivity contribution in [3.63, 3.8) is 0 Å². The van der Waals surface area contributed by atoms with E-state index in [2.05, 4.69) is 17.6 Å². The Kier molecular flexibility index (Phi) is 6.84. The lowest BCUT2D eigenvalue weighted by Crippen LogP contribution is -2.45. The van der Waals surface area contributed by atoms with Crippen LogP contribution in [0.5, 0.6) is 0 Å². The first-order valence-electron chi connectivity index (χ1n) is 7.36. The van der Waals surface area contributed by atoms with Gasteiger partial charge in [0.05, 0.1) is 0 Å².